The van der Waals surface area contributed by atoms with Gasteiger partial charge in [0.05, 0.1) is 12.1 Å². The van der Waals surface area contributed by atoms with Gasteiger partial charge < -0.3 is 17.2 Å². The quantitative estimate of drug-likeness (QED) is 0.413. The van der Waals surface area contributed by atoms with E-state index in [1.807, 2.05) is 0 Å². The maximum absolute atomic E-state index is 7.83. The molecule has 2 atom stereocenters. The highest BCUT2D eigenvalue weighted by molar-refractivity contribution is 6.02. The van der Waals surface area contributed by atoms with Crippen LogP contribution < -0.4 is 22.5 Å². The minimum absolute atomic E-state index is 0. The second kappa shape index (κ2) is 9.89. The molecule has 6 heteroatoms. The second-order valence-corrected chi connectivity index (χ2v) is 4.76. The molecule has 1 rings (SSSR count). The van der Waals surface area contributed by atoms with Crippen LogP contribution in [0.25, 0.3) is 0 Å². The van der Waals surface area contributed by atoms with E-state index in [-0.39, 0.29) is 19.5 Å². The van der Waals surface area contributed by atoms with Crippen molar-refractivity contribution in [3.05, 3.63) is 0 Å². The summed E-state index contributed by atoms with van der Waals surface area (Å²) in [5, 5.41) is 11.2. The number of aliphatic imine (C=N–C) groups is 1. The fraction of sp³-hybridized carbons (Fsp3) is 0.846. The summed E-state index contributed by atoms with van der Waals surface area (Å²) < 4.78 is 0. The van der Waals surface area contributed by atoms with Gasteiger partial charge in [-0.3, -0.25) is 10.7 Å². The highest BCUT2D eigenvalue weighted by Gasteiger charge is 2.26. The number of amidine groups is 2. The van der Waals surface area contributed by atoms with Gasteiger partial charge in [-0.2, -0.15) is 0 Å². The Morgan fingerprint density at radius 1 is 1.00 bits per heavy atom. The van der Waals surface area contributed by atoms with Crippen LogP contribution in [0.4, 0.5) is 0 Å². The molecular weight excluding hydrogens is 240 g/mol. The molecule has 1 heterocycles. The molecule has 0 radical (unpaired) electrons. The number of rotatable bonds is 8. The summed E-state index contributed by atoms with van der Waals surface area (Å²) in [4.78, 5) is 4.16. The number of unbranched alkanes of at least 4 members (excludes halogenated alkanes) is 2. The lowest BCUT2D eigenvalue weighted by Crippen LogP contribution is -2.53. The fourth-order valence-electron chi connectivity index (χ4n) is 2.14. The van der Waals surface area contributed by atoms with Crippen LogP contribution in [0.1, 0.15) is 46.0 Å². The normalized spacial score (nSPS) is 22.8. The summed E-state index contributed by atoms with van der Waals surface area (Å²) >= 11 is 0. The first-order valence-electron chi connectivity index (χ1n) is 6.77. The molecule has 0 saturated heterocycles. The molecule has 112 valence electrons. The zero-order chi connectivity index (χ0) is 13.4. The van der Waals surface area contributed by atoms with Gasteiger partial charge in [-0.05, 0) is 38.8 Å². The van der Waals surface area contributed by atoms with Gasteiger partial charge in [0.1, 0.15) is 11.7 Å². The zero-order valence-corrected chi connectivity index (χ0v) is 11.0. The maximum atomic E-state index is 7.83. The Morgan fingerprint density at radius 2 is 1.53 bits per heavy atom. The van der Waals surface area contributed by atoms with E-state index in [0.717, 1.165) is 38.5 Å². The summed E-state index contributed by atoms with van der Waals surface area (Å²) in [6.45, 7) is 1.41. The topological polar surface area (TPSA) is 126 Å². The van der Waals surface area contributed by atoms with Gasteiger partial charge in [-0.1, -0.05) is 20.3 Å². The Bertz CT molecular complexity index is 289. The minimum Gasteiger partial charge on any atom is -0.386 e. The predicted octanol–water partition coefficient (Wildman–Crippen LogP) is 0.555. The van der Waals surface area contributed by atoms with Crippen molar-refractivity contribution in [2.45, 2.75) is 58.0 Å². The minimum atomic E-state index is 0. The third-order valence-corrected chi connectivity index (χ3v) is 3.23. The van der Waals surface area contributed by atoms with E-state index >= 15 is 0 Å². The average molecular weight is 270 g/mol. The molecule has 1 aliphatic heterocycles. The molecule has 6 nitrogen and oxygen atoms in total. The summed E-state index contributed by atoms with van der Waals surface area (Å²) in [5.74, 6) is 0.881. The molecule has 0 aromatic heterocycles. The SMILES string of the molecule is C.N=C1N=C(N)C(CCCCN)NC1CCCCN. The van der Waals surface area contributed by atoms with Crippen LogP contribution in [0, 0.1) is 5.41 Å². The molecule has 0 bridgehead atoms. The van der Waals surface area contributed by atoms with Crippen LogP contribution in [-0.2, 0) is 0 Å². The van der Waals surface area contributed by atoms with Crippen LogP contribution in [-0.4, -0.2) is 36.8 Å². The molecule has 0 amide bonds. The summed E-state index contributed by atoms with van der Waals surface area (Å²) in [5.41, 5.74) is 16.8. The van der Waals surface area contributed by atoms with Crippen molar-refractivity contribution in [3.8, 4) is 0 Å². The van der Waals surface area contributed by atoms with Crippen molar-refractivity contribution in [3.63, 3.8) is 0 Å². The van der Waals surface area contributed by atoms with E-state index in [2.05, 4.69) is 10.3 Å². The summed E-state index contributed by atoms with van der Waals surface area (Å²) in [6, 6.07) is 0.111. The Hall–Kier alpha value is -0.980. The Kier molecular flexibility index (Phi) is 9.38. The van der Waals surface area contributed by atoms with Crippen LogP contribution in [0.3, 0.4) is 0 Å². The molecule has 19 heavy (non-hydrogen) atoms. The first kappa shape index (κ1) is 18.0. The summed E-state index contributed by atoms with van der Waals surface area (Å²) in [7, 11) is 0. The monoisotopic (exact) mass is 270 g/mol. The standard InChI is InChI=1S/C12H26N6.CH4/c13-7-3-1-5-9-11(15)18-12(16)10(17-9)6-2-4-8-14;/h9-10,17H,1-8,13-14H2,(H3,15,16,18);1H4. The van der Waals surface area contributed by atoms with Crippen LogP contribution >= 0.6 is 0 Å². The van der Waals surface area contributed by atoms with Crippen LogP contribution in [0.5, 0.6) is 0 Å². The van der Waals surface area contributed by atoms with E-state index < -0.39 is 0 Å². The van der Waals surface area contributed by atoms with E-state index in [1.54, 1.807) is 0 Å². The van der Waals surface area contributed by atoms with Crippen molar-refractivity contribution in [1.29, 1.82) is 5.41 Å². The number of nitrogens with zero attached hydrogens (tertiary/aromatic N) is 1. The third-order valence-electron chi connectivity index (χ3n) is 3.23. The number of hydrogen-bond donors (Lipinski definition) is 5. The van der Waals surface area contributed by atoms with Crippen molar-refractivity contribution in [1.82, 2.24) is 5.32 Å². The van der Waals surface area contributed by atoms with Gasteiger partial charge >= 0.3 is 0 Å². The highest BCUT2D eigenvalue weighted by Crippen LogP contribution is 2.12. The average Bonchev–Trinajstić information content (AvgIpc) is 2.34. The van der Waals surface area contributed by atoms with E-state index in [1.165, 1.54) is 0 Å². The second-order valence-electron chi connectivity index (χ2n) is 4.76. The zero-order valence-electron chi connectivity index (χ0n) is 11.0. The van der Waals surface area contributed by atoms with Crippen LogP contribution in [0.2, 0.25) is 0 Å². The molecule has 2 unspecified atom stereocenters. The van der Waals surface area contributed by atoms with Crippen molar-refractivity contribution in [2.75, 3.05) is 13.1 Å². The molecule has 8 N–H and O–H groups in total. The number of hydrogen-bond acceptors (Lipinski definition) is 5. The molecule has 0 spiro atoms. The van der Waals surface area contributed by atoms with E-state index in [4.69, 9.17) is 22.6 Å². The number of nitrogens with two attached hydrogens (primary N) is 3. The highest BCUT2D eigenvalue weighted by atomic mass is 15.1. The van der Waals surface area contributed by atoms with Gasteiger partial charge in [0.2, 0.25) is 0 Å². The summed E-state index contributed by atoms with van der Waals surface area (Å²) in [6.07, 6.45) is 5.88. The molecule has 0 aromatic rings. The maximum Gasteiger partial charge on any atom is 0.139 e. The third kappa shape index (κ3) is 6.13. The Labute approximate surface area is 116 Å². The molecule has 0 aliphatic carbocycles. The predicted molar refractivity (Wildman–Crippen MR) is 82.6 cm³/mol. The molecule has 0 fully saturated rings. The Morgan fingerprint density at radius 3 is 2.05 bits per heavy atom. The number of nitrogens with one attached hydrogen (secondary N) is 2. The van der Waals surface area contributed by atoms with Gasteiger partial charge in [0, 0.05) is 0 Å². The largest absolute Gasteiger partial charge is 0.386 e. The van der Waals surface area contributed by atoms with Crippen molar-refractivity contribution in [2.24, 2.45) is 22.2 Å². The molecule has 1 aliphatic rings. The molecule has 0 aromatic carbocycles. The lowest BCUT2D eigenvalue weighted by atomic mass is 10.0. The van der Waals surface area contributed by atoms with Gasteiger partial charge in [-0.15, -0.1) is 0 Å². The van der Waals surface area contributed by atoms with Gasteiger partial charge in [0.15, 0.2) is 0 Å². The van der Waals surface area contributed by atoms with Gasteiger partial charge in [0.25, 0.3) is 0 Å². The first-order chi connectivity index (χ1) is 8.69. The van der Waals surface area contributed by atoms with E-state index in [9.17, 15) is 0 Å². The molecule has 0 saturated carbocycles. The lowest BCUT2D eigenvalue weighted by Gasteiger charge is -2.29. The lowest BCUT2D eigenvalue weighted by molar-refractivity contribution is 0.474. The smallest absolute Gasteiger partial charge is 0.139 e. The first-order valence-corrected chi connectivity index (χ1v) is 6.77. The molecular formula is C13H30N6. The van der Waals surface area contributed by atoms with Crippen molar-refractivity contribution >= 4 is 11.7 Å². The van der Waals surface area contributed by atoms with E-state index in [0.29, 0.717) is 24.8 Å². The fourth-order valence-corrected chi connectivity index (χ4v) is 2.14. The van der Waals surface area contributed by atoms with Gasteiger partial charge in [-0.25, -0.2) is 4.99 Å². The van der Waals surface area contributed by atoms with Crippen molar-refractivity contribution < 1.29 is 0 Å². The van der Waals surface area contributed by atoms with Crippen LogP contribution in [0.15, 0.2) is 4.99 Å². The Balaban J connectivity index is 0.00000324.